The number of hydrogen-bond donors (Lipinski definition) is 1. The van der Waals surface area contributed by atoms with Gasteiger partial charge in [0.1, 0.15) is 5.82 Å². The summed E-state index contributed by atoms with van der Waals surface area (Å²) in [6.45, 7) is 8.72. The minimum absolute atomic E-state index is 0.534. The van der Waals surface area contributed by atoms with Crippen LogP contribution in [0.2, 0.25) is 0 Å². The van der Waals surface area contributed by atoms with Gasteiger partial charge in [-0.1, -0.05) is 17.8 Å². The maximum absolute atomic E-state index is 5.44. The van der Waals surface area contributed by atoms with Crippen LogP contribution in [0.3, 0.4) is 0 Å². The highest BCUT2D eigenvalue weighted by molar-refractivity contribution is 7.99. The molecule has 22 heavy (non-hydrogen) atoms. The second kappa shape index (κ2) is 8.13. The summed E-state index contributed by atoms with van der Waals surface area (Å²) >= 11 is 1.83. The first-order valence-corrected chi connectivity index (χ1v) is 9.32. The van der Waals surface area contributed by atoms with E-state index < -0.39 is 0 Å². The molecule has 3 rings (SSSR count). The van der Waals surface area contributed by atoms with Crippen LogP contribution in [0.4, 0.5) is 0 Å². The molecular weight excluding hydrogens is 296 g/mol. The summed E-state index contributed by atoms with van der Waals surface area (Å²) in [6, 6.07) is 0. The van der Waals surface area contributed by atoms with E-state index in [-0.39, 0.29) is 0 Å². The molecule has 0 aliphatic carbocycles. The Balaban J connectivity index is 1.62. The van der Waals surface area contributed by atoms with Gasteiger partial charge in [-0.2, -0.15) is 0 Å². The molecule has 0 amide bonds. The molecule has 122 valence electrons. The van der Waals surface area contributed by atoms with E-state index in [4.69, 9.17) is 4.74 Å². The first kappa shape index (κ1) is 16.0. The highest BCUT2D eigenvalue weighted by Crippen LogP contribution is 2.28. The summed E-state index contributed by atoms with van der Waals surface area (Å²) in [6.07, 6.45) is 6.66. The number of hydrogen-bond acceptors (Lipinski definition) is 5. The zero-order valence-corrected chi connectivity index (χ0v) is 14.0. The van der Waals surface area contributed by atoms with Gasteiger partial charge in [0.25, 0.3) is 0 Å². The van der Waals surface area contributed by atoms with E-state index in [0.29, 0.717) is 5.92 Å². The average Bonchev–Trinajstić information content (AvgIpc) is 3.19. The van der Waals surface area contributed by atoms with E-state index in [0.717, 1.165) is 68.3 Å². The lowest BCUT2D eigenvalue weighted by Crippen LogP contribution is -2.28. The molecule has 5 nitrogen and oxygen atoms in total. The molecule has 2 saturated heterocycles. The monoisotopic (exact) mass is 322 g/mol. The van der Waals surface area contributed by atoms with Gasteiger partial charge >= 0.3 is 0 Å². The van der Waals surface area contributed by atoms with Gasteiger partial charge in [-0.3, -0.25) is 0 Å². The third kappa shape index (κ3) is 3.91. The van der Waals surface area contributed by atoms with Crippen molar-refractivity contribution in [2.45, 2.75) is 43.3 Å². The first-order valence-electron chi connectivity index (χ1n) is 8.33. The van der Waals surface area contributed by atoms with Gasteiger partial charge in [0.05, 0.1) is 0 Å². The van der Waals surface area contributed by atoms with Gasteiger partial charge in [-0.25, -0.2) is 0 Å². The van der Waals surface area contributed by atoms with E-state index in [2.05, 4.69) is 26.7 Å². The fourth-order valence-electron chi connectivity index (χ4n) is 3.22. The molecule has 2 fully saturated rings. The summed E-state index contributed by atoms with van der Waals surface area (Å²) in [5.41, 5.74) is 0. The molecule has 1 aromatic heterocycles. The van der Waals surface area contributed by atoms with Crippen molar-refractivity contribution in [3.8, 4) is 0 Å². The second-order valence-electron chi connectivity index (χ2n) is 6.13. The highest BCUT2D eigenvalue weighted by atomic mass is 32.2. The maximum Gasteiger partial charge on any atom is 0.191 e. The molecular formula is C16H26N4OS. The lowest BCUT2D eigenvalue weighted by Gasteiger charge is -2.22. The molecule has 3 heterocycles. The SMILES string of the molecule is C=CCn1c(SCC[C@H]2CCOC2)nnc1C1CCNCC1. The van der Waals surface area contributed by atoms with E-state index in [1.165, 1.54) is 12.8 Å². The number of aromatic nitrogens is 3. The Morgan fingerprint density at radius 1 is 1.32 bits per heavy atom. The van der Waals surface area contributed by atoms with Gasteiger partial charge in [0.2, 0.25) is 0 Å². The fourth-order valence-corrected chi connectivity index (χ4v) is 4.27. The quantitative estimate of drug-likeness (QED) is 0.617. The number of ether oxygens (including phenoxy) is 1. The molecule has 0 bridgehead atoms. The average molecular weight is 322 g/mol. The van der Waals surface area contributed by atoms with Crippen LogP contribution in [0.5, 0.6) is 0 Å². The molecule has 1 atom stereocenters. The fraction of sp³-hybridized carbons (Fsp3) is 0.750. The van der Waals surface area contributed by atoms with Crippen LogP contribution in [0.25, 0.3) is 0 Å². The minimum atomic E-state index is 0.534. The van der Waals surface area contributed by atoms with Crippen molar-refractivity contribution in [1.82, 2.24) is 20.1 Å². The summed E-state index contributed by atoms with van der Waals surface area (Å²) in [5.74, 6) is 3.50. The Kier molecular flexibility index (Phi) is 5.92. The Morgan fingerprint density at radius 3 is 2.91 bits per heavy atom. The lowest BCUT2D eigenvalue weighted by molar-refractivity contribution is 0.185. The van der Waals surface area contributed by atoms with E-state index in [1.807, 2.05) is 17.8 Å². The Morgan fingerprint density at radius 2 is 2.18 bits per heavy atom. The van der Waals surface area contributed by atoms with E-state index in [1.54, 1.807) is 0 Å². The first-order chi connectivity index (χ1) is 10.9. The number of allylic oxidation sites excluding steroid dienone is 1. The van der Waals surface area contributed by atoms with Gasteiger partial charge in [0, 0.05) is 31.4 Å². The van der Waals surface area contributed by atoms with Crippen LogP contribution in [0.15, 0.2) is 17.8 Å². The normalized spacial score (nSPS) is 23.0. The topological polar surface area (TPSA) is 52.0 Å². The Hall–Kier alpha value is -0.850. The van der Waals surface area contributed by atoms with Gasteiger partial charge in [0.15, 0.2) is 5.16 Å². The number of rotatable bonds is 7. The molecule has 0 aromatic carbocycles. The largest absolute Gasteiger partial charge is 0.381 e. The molecule has 6 heteroatoms. The smallest absolute Gasteiger partial charge is 0.191 e. The second-order valence-corrected chi connectivity index (χ2v) is 7.19. The van der Waals surface area contributed by atoms with Crippen LogP contribution >= 0.6 is 11.8 Å². The molecule has 0 radical (unpaired) electrons. The number of thioether (sulfide) groups is 1. The zero-order valence-electron chi connectivity index (χ0n) is 13.2. The van der Waals surface area contributed by atoms with Crippen molar-refractivity contribution < 1.29 is 4.74 Å². The third-order valence-corrected chi connectivity index (χ3v) is 5.54. The molecule has 1 N–H and O–H groups in total. The minimum Gasteiger partial charge on any atom is -0.381 e. The van der Waals surface area contributed by atoms with Crippen LogP contribution in [0, 0.1) is 5.92 Å². The summed E-state index contributed by atoms with van der Waals surface area (Å²) in [4.78, 5) is 0. The molecule has 0 spiro atoms. The molecule has 1 aromatic rings. The van der Waals surface area contributed by atoms with Gasteiger partial charge in [-0.15, -0.1) is 16.8 Å². The molecule has 0 unspecified atom stereocenters. The third-order valence-electron chi connectivity index (χ3n) is 4.54. The summed E-state index contributed by atoms with van der Waals surface area (Å²) in [7, 11) is 0. The molecule has 2 aliphatic rings. The number of piperidine rings is 1. The van der Waals surface area contributed by atoms with Crippen molar-refractivity contribution >= 4 is 11.8 Å². The van der Waals surface area contributed by atoms with Crippen molar-refractivity contribution in [2.75, 3.05) is 32.1 Å². The molecule has 2 aliphatic heterocycles. The summed E-state index contributed by atoms with van der Waals surface area (Å²) < 4.78 is 7.71. The summed E-state index contributed by atoms with van der Waals surface area (Å²) in [5, 5.41) is 13.4. The molecule has 0 saturated carbocycles. The van der Waals surface area contributed by atoms with Crippen LogP contribution in [-0.2, 0) is 11.3 Å². The zero-order chi connectivity index (χ0) is 15.2. The van der Waals surface area contributed by atoms with Crippen molar-refractivity contribution in [2.24, 2.45) is 5.92 Å². The van der Waals surface area contributed by atoms with Crippen molar-refractivity contribution in [3.63, 3.8) is 0 Å². The lowest BCUT2D eigenvalue weighted by atomic mass is 9.97. The van der Waals surface area contributed by atoms with Gasteiger partial charge < -0.3 is 14.6 Å². The highest BCUT2D eigenvalue weighted by Gasteiger charge is 2.23. The Bertz CT molecular complexity index is 478. The van der Waals surface area contributed by atoms with Crippen LogP contribution in [-0.4, -0.2) is 46.8 Å². The van der Waals surface area contributed by atoms with Crippen molar-refractivity contribution in [3.05, 3.63) is 18.5 Å². The van der Waals surface area contributed by atoms with Crippen LogP contribution in [0.1, 0.15) is 37.4 Å². The van der Waals surface area contributed by atoms with Gasteiger partial charge in [-0.05, 0) is 44.7 Å². The van der Waals surface area contributed by atoms with E-state index in [9.17, 15) is 0 Å². The van der Waals surface area contributed by atoms with E-state index >= 15 is 0 Å². The maximum atomic E-state index is 5.44. The predicted octanol–water partition coefficient (Wildman–Crippen LogP) is 2.45. The van der Waals surface area contributed by atoms with Crippen LogP contribution < -0.4 is 5.32 Å². The standard InChI is InChI=1S/C16H26N4OS/c1-2-9-20-15(14-3-7-17-8-4-14)18-19-16(20)22-11-6-13-5-10-21-12-13/h2,13-14,17H,1,3-12H2/t13-/m1/s1. The van der Waals surface area contributed by atoms with Crippen molar-refractivity contribution in [1.29, 1.82) is 0 Å². The number of nitrogens with one attached hydrogen (secondary N) is 1. The predicted molar refractivity (Wildman–Crippen MR) is 89.3 cm³/mol. The number of nitrogens with zero attached hydrogens (tertiary/aromatic N) is 3. The Labute approximate surface area is 136 Å².